The third-order valence-corrected chi connectivity index (χ3v) is 3.48. The lowest BCUT2D eigenvalue weighted by atomic mass is 9.80. The molecule has 3 nitrogen and oxygen atoms in total. The second-order valence-corrected chi connectivity index (χ2v) is 5.73. The summed E-state index contributed by atoms with van der Waals surface area (Å²) in [5.74, 6) is 1.93. The normalized spacial score (nSPS) is 32.1. The van der Waals surface area contributed by atoms with Gasteiger partial charge in [-0.2, -0.15) is 0 Å². The highest BCUT2D eigenvalue weighted by molar-refractivity contribution is 5.76. The molecule has 0 aromatic heterocycles. The minimum atomic E-state index is 0.171. The van der Waals surface area contributed by atoms with Gasteiger partial charge in [-0.05, 0) is 43.6 Å². The van der Waals surface area contributed by atoms with Crippen molar-refractivity contribution < 1.29 is 4.79 Å². The van der Waals surface area contributed by atoms with Crippen LogP contribution in [0.5, 0.6) is 0 Å². The Morgan fingerprint density at radius 2 is 1.88 bits per heavy atom. The summed E-state index contributed by atoms with van der Waals surface area (Å²) in [5, 5.41) is 3.15. The van der Waals surface area contributed by atoms with Crippen molar-refractivity contribution in [2.24, 2.45) is 23.5 Å². The van der Waals surface area contributed by atoms with Crippen LogP contribution in [0.15, 0.2) is 0 Å². The van der Waals surface area contributed by atoms with Gasteiger partial charge in [0.05, 0.1) is 0 Å². The Labute approximate surface area is 99.2 Å². The first-order valence-corrected chi connectivity index (χ1v) is 6.50. The van der Waals surface area contributed by atoms with E-state index in [0.717, 1.165) is 24.7 Å². The van der Waals surface area contributed by atoms with Crippen molar-refractivity contribution in [3.63, 3.8) is 0 Å². The molecule has 1 aliphatic carbocycles. The summed E-state index contributed by atoms with van der Waals surface area (Å²) < 4.78 is 0. The molecule has 1 amide bonds. The largest absolute Gasteiger partial charge is 0.353 e. The number of hydrogen-bond acceptors (Lipinski definition) is 2. The zero-order valence-corrected chi connectivity index (χ0v) is 10.8. The van der Waals surface area contributed by atoms with Crippen molar-refractivity contribution in [1.29, 1.82) is 0 Å². The molecule has 1 rings (SSSR count). The van der Waals surface area contributed by atoms with Crippen LogP contribution in [0, 0.1) is 17.8 Å². The van der Waals surface area contributed by atoms with Crippen molar-refractivity contribution >= 4 is 5.91 Å². The van der Waals surface area contributed by atoms with Crippen molar-refractivity contribution in [2.75, 3.05) is 6.54 Å². The number of nitrogens with two attached hydrogens (primary N) is 1. The summed E-state index contributed by atoms with van der Waals surface area (Å²) in [6.45, 7) is 7.16. The molecule has 0 bridgehead atoms. The van der Waals surface area contributed by atoms with E-state index in [1.807, 2.05) is 6.92 Å². The minimum absolute atomic E-state index is 0.171. The van der Waals surface area contributed by atoms with Crippen LogP contribution in [0.3, 0.4) is 0 Å². The quantitative estimate of drug-likeness (QED) is 0.769. The average Bonchev–Trinajstić information content (AvgIpc) is 2.15. The lowest BCUT2D eigenvalue weighted by Crippen LogP contribution is -2.40. The van der Waals surface area contributed by atoms with E-state index in [1.165, 1.54) is 6.42 Å². The van der Waals surface area contributed by atoms with Gasteiger partial charge in [0.15, 0.2) is 0 Å². The van der Waals surface area contributed by atoms with Crippen molar-refractivity contribution in [1.82, 2.24) is 5.32 Å². The van der Waals surface area contributed by atoms with Crippen LogP contribution in [-0.4, -0.2) is 18.5 Å². The molecule has 0 saturated heterocycles. The Morgan fingerprint density at radius 3 is 2.38 bits per heavy atom. The zero-order valence-electron chi connectivity index (χ0n) is 10.8. The molecule has 1 aliphatic rings. The summed E-state index contributed by atoms with van der Waals surface area (Å²) in [6, 6.07) is 0.385. The summed E-state index contributed by atoms with van der Waals surface area (Å²) in [4.78, 5) is 11.7. The van der Waals surface area contributed by atoms with E-state index in [2.05, 4.69) is 19.2 Å². The molecule has 0 aromatic rings. The second kappa shape index (κ2) is 6.24. The Bertz CT molecular complexity index is 220. The molecule has 0 aliphatic heterocycles. The van der Waals surface area contributed by atoms with Gasteiger partial charge in [0.2, 0.25) is 5.91 Å². The maximum Gasteiger partial charge on any atom is 0.220 e. The number of nitrogens with one attached hydrogen (secondary N) is 1. The molecule has 0 radical (unpaired) electrons. The van der Waals surface area contributed by atoms with Crippen LogP contribution in [-0.2, 0) is 4.79 Å². The highest BCUT2D eigenvalue weighted by atomic mass is 16.1. The van der Waals surface area contributed by atoms with Crippen LogP contribution in [0.4, 0.5) is 0 Å². The molecule has 3 atom stereocenters. The standard InChI is InChI=1S/C13H26N2O/c1-9-4-10(2)6-12(5-9)15-13(16)7-11(3)8-14/h9-12H,4-8,14H2,1-3H3,(H,15,16). The van der Waals surface area contributed by atoms with Crippen molar-refractivity contribution in [3.8, 4) is 0 Å². The smallest absolute Gasteiger partial charge is 0.220 e. The van der Waals surface area contributed by atoms with E-state index >= 15 is 0 Å². The van der Waals surface area contributed by atoms with Gasteiger partial charge in [0, 0.05) is 12.5 Å². The van der Waals surface area contributed by atoms with Crippen LogP contribution >= 0.6 is 0 Å². The second-order valence-electron chi connectivity index (χ2n) is 5.73. The SMILES string of the molecule is CC(CN)CC(=O)NC1CC(C)CC(C)C1. The molecule has 1 fully saturated rings. The van der Waals surface area contributed by atoms with E-state index in [0.29, 0.717) is 24.9 Å². The molecule has 16 heavy (non-hydrogen) atoms. The average molecular weight is 226 g/mol. The topological polar surface area (TPSA) is 55.1 Å². The Kier molecular flexibility index (Phi) is 5.26. The Hall–Kier alpha value is -0.570. The first-order chi connectivity index (χ1) is 7.51. The highest BCUT2D eigenvalue weighted by Crippen LogP contribution is 2.28. The minimum Gasteiger partial charge on any atom is -0.353 e. The Morgan fingerprint density at radius 1 is 1.31 bits per heavy atom. The maximum absolute atomic E-state index is 11.7. The van der Waals surface area contributed by atoms with Crippen molar-refractivity contribution in [2.45, 2.75) is 52.5 Å². The molecular weight excluding hydrogens is 200 g/mol. The van der Waals surface area contributed by atoms with Gasteiger partial charge in [-0.1, -0.05) is 20.8 Å². The Balaban J connectivity index is 2.33. The molecular formula is C13H26N2O. The first-order valence-electron chi connectivity index (χ1n) is 6.50. The van der Waals surface area contributed by atoms with E-state index in [9.17, 15) is 4.79 Å². The molecule has 3 heteroatoms. The van der Waals surface area contributed by atoms with Crippen LogP contribution in [0.2, 0.25) is 0 Å². The van der Waals surface area contributed by atoms with Gasteiger partial charge >= 0.3 is 0 Å². The summed E-state index contributed by atoms with van der Waals surface area (Å²) in [7, 11) is 0. The fourth-order valence-electron chi connectivity index (χ4n) is 2.75. The molecule has 0 aromatic carbocycles. The number of carbonyl (C=O) groups excluding carboxylic acids is 1. The number of amides is 1. The molecule has 1 saturated carbocycles. The highest BCUT2D eigenvalue weighted by Gasteiger charge is 2.25. The van der Waals surface area contributed by atoms with Gasteiger partial charge in [-0.15, -0.1) is 0 Å². The fourth-order valence-corrected chi connectivity index (χ4v) is 2.75. The van der Waals surface area contributed by atoms with Gasteiger partial charge < -0.3 is 11.1 Å². The lowest BCUT2D eigenvalue weighted by Gasteiger charge is -2.32. The third-order valence-electron chi connectivity index (χ3n) is 3.48. The van der Waals surface area contributed by atoms with E-state index in [-0.39, 0.29) is 5.91 Å². The third kappa shape index (κ3) is 4.52. The first kappa shape index (κ1) is 13.5. The summed E-state index contributed by atoms with van der Waals surface area (Å²) >= 11 is 0. The van der Waals surface area contributed by atoms with Gasteiger partial charge in [-0.25, -0.2) is 0 Å². The maximum atomic E-state index is 11.7. The fraction of sp³-hybridized carbons (Fsp3) is 0.923. The van der Waals surface area contributed by atoms with Crippen LogP contribution in [0.25, 0.3) is 0 Å². The predicted molar refractivity (Wildman–Crippen MR) is 66.9 cm³/mol. The van der Waals surface area contributed by atoms with E-state index in [1.54, 1.807) is 0 Å². The lowest BCUT2D eigenvalue weighted by molar-refractivity contribution is -0.122. The van der Waals surface area contributed by atoms with Crippen molar-refractivity contribution in [3.05, 3.63) is 0 Å². The van der Waals surface area contributed by atoms with Crippen LogP contribution < -0.4 is 11.1 Å². The zero-order chi connectivity index (χ0) is 12.1. The van der Waals surface area contributed by atoms with Crippen LogP contribution in [0.1, 0.15) is 46.5 Å². The molecule has 94 valence electrons. The monoisotopic (exact) mass is 226 g/mol. The number of hydrogen-bond donors (Lipinski definition) is 2. The summed E-state index contributed by atoms with van der Waals surface area (Å²) in [5.41, 5.74) is 5.52. The number of carbonyl (C=O) groups is 1. The van der Waals surface area contributed by atoms with E-state index < -0.39 is 0 Å². The van der Waals surface area contributed by atoms with E-state index in [4.69, 9.17) is 5.73 Å². The van der Waals surface area contributed by atoms with Gasteiger partial charge in [0.1, 0.15) is 0 Å². The summed E-state index contributed by atoms with van der Waals surface area (Å²) in [6.07, 6.45) is 4.13. The number of rotatable bonds is 4. The molecule has 0 spiro atoms. The van der Waals surface area contributed by atoms with Gasteiger partial charge in [0.25, 0.3) is 0 Å². The van der Waals surface area contributed by atoms with Gasteiger partial charge in [-0.3, -0.25) is 4.79 Å². The molecule has 0 heterocycles. The molecule has 3 N–H and O–H groups in total. The predicted octanol–water partition coefficient (Wildman–Crippen LogP) is 1.91. The molecule has 3 unspecified atom stereocenters.